The van der Waals surface area contributed by atoms with Gasteiger partial charge in [0.1, 0.15) is 0 Å². The van der Waals surface area contributed by atoms with Crippen LogP contribution >= 0.6 is 0 Å². The predicted molar refractivity (Wildman–Crippen MR) is 61.6 cm³/mol. The van der Waals surface area contributed by atoms with Crippen LogP contribution in [0.15, 0.2) is 0 Å². The summed E-state index contributed by atoms with van der Waals surface area (Å²) in [5, 5.41) is 0. The van der Waals surface area contributed by atoms with Gasteiger partial charge in [0.2, 0.25) is 0 Å². The van der Waals surface area contributed by atoms with Crippen molar-refractivity contribution in [1.29, 1.82) is 0 Å². The summed E-state index contributed by atoms with van der Waals surface area (Å²) in [6.07, 6.45) is 6.70. The van der Waals surface area contributed by atoms with Gasteiger partial charge in [0, 0.05) is 14.2 Å². The van der Waals surface area contributed by atoms with Gasteiger partial charge in [0.05, 0.1) is 0 Å². The lowest BCUT2D eigenvalue weighted by atomic mass is 9.87. The summed E-state index contributed by atoms with van der Waals surface area (Å²) in [5.74, 6) is 0.901. The van der Waals surface area contributed by atoms with E-state index in [0.717, 1.165) is 5.92 Å². The van der Waals surface area contributed by atoms with Crippen molar-refractivity contribution < 1.29 is 8.85 Å². The van der Waals surface area contributed by atoms with Crippen LogP contribution in [-0.4, -0.2) is 22.8 Å². The highest BCUT2D eigenvalue weighted by Crippen LogP contribution is 2.36. The second kappa shape index (κ2) is 5.88. The predicted octanol–water partition coefficient (Wildman–Crippen LogP) is 3.32. The van der Waals surface area contributed by atoms with Gasteiger partial charge in [-0.25, -0.2) is 0 Å². The average molecular weight is 216 g/mol. The van der Waals surface area contributed by atoms with Crippen LogP contribution in [0.3, 0.4) is 0 Å². The Morgan fingerprint density at radius 3 is 2.21 bits per heavy atom. The van der Waals surface area contributed by atoms with Gasteiger partial charge in [-0.2, -0.15) is 0 Å². The molecule has 0 N–H and O–H groups in total. The average Bonchev–Trinajstić information content (AvgIpc) is 2.17. The molecule has 1 rings (SSSR count). The second-order valence-electron chi connectivity index (χ2n) is 4.42. The molecule has 0 unspecified atom stereocenters. The molecule has 1 aliphatic rings. The molecule has 0 amide bonds. The van der Waals surface area contributed by atoms with Gasteiger partial charge in [-0.1, -0.05) is 39.0 Å². The summed E-state index contributed by atoms with van der Waals surface area (Å²) in [5.41, 5.74) is 0. The topological polar surface area (TPSA) is 18.5 Å². The van der Waals surface area contributed by atoms with E-state index in [-0.39, 0.29) is 0 Å². The highest BCUT2D eigenvalue weighted by atomic mass is 28.4. The van der Waals surface area contributed by atoms with Crippen LogP contribution in [0.5, 0.6) is 0 Å². The molecule has 0 bridgehead atoms. The molecule has 0 radical (unpaired) electrons. The molecule has 14 heavy (non-hydrogen) atoms. The standard InChI is InChI=1S/C11H24O2Si/c1-4-5-9-14(12-2,13-3)10-11-7-6-8-11/h11H,4-10H2,1-3H3. The molecular formula is C11H24O2Si. The summed E-state index contributed by atoms with van der Waals surface area (Å²) in [4.78, 5) is 0. The van der Waals surface area contributed by atoms with Crippen LogP contribution in [0.1, 0.15) is 39.0 Å². The van der Waals surface area contributed by atoms with E-state index in [9.17, 15) is 0 Å². The minimum absolute atomic E-state index is 0.901. The zero-order chi connectivity index (χ0) is 10.4. The fourth-order valence-corrected chi connectivity index (χ4v) is 5.43. The third-order valence-electron chi connectivity index (χ3n) is 3.48. The summed E-state index contributed by atoms with van der Waals surface area (Å²) in [6, 6.07) is 2.40. The van der Waals surface area contributed by atoms with E-state index in [1.165, 1.54) is 44.2 Å². The normalized spacial score (nSPS) is 18.2. The molecule has 3 heteroatoms. The lowest BCUT2D eigenvalue weighted by molar-refractivity contribution is 0.216. The van der Waals surface area contributed by atoms with Gasteiger partial charge in [-0.15, -0.1) is 0 Å². The Morgan fingerprint density at radius 2 is 1.86 bits per heavy atom. The van der Waals surface area contributed by atoms with Gasteiger partial charge in [0.15, 0.2) is 0 Å². The van der Waals surface area contributed by atoms with Crippen LogP contribution in [0, 0.1) is 5.92 Å². The lowest BCUT2D eigenvalue weighted by Crippen LogP contribution is -2.42. The summed E-state index contributed by atoms with van der Waals surface area (Å²) in [6.45, 7) is 2.23. The van der Waals surface area contributed by atoms with Crippen molar-refractivity contribution >= 4 is 8.56 Å². The van der Waals surface area contributed by atoms with Gasteiger partial charge < -0.3 is 8.85 Å². The first-order valence-electron chi connectivity index (χ1n) is 5.86. The quantitative estimate of drug-likeness (QED) is 0.608. The Morgan fingerprint density at radius 1 is 1.21 bits per heavy atom. The number of unbranched alkanes of at least 4 members (excludes halogenated alkanes) is 1. The Balaban J connectivity index is 2.40. The molecule has 0 spiro atoms. The Labute approximate surface area is 89.2 Å². The molecule has 0 aromatic carbocycles. The van der Waals surface area contributed by atoms with Gasteiger partial charge in [-0.05, 0) is 18.0 Å². The summed E-state index contributed by atoms with van der Waals surface area (Å²) < 4.78 is 11.4. The molecule has 0 saturated heterocycles. The molecule has 84 valence electrons. The van der Waals surface area contributed by atoms with E-state index in [1.54, 1.807) is 0 Å². The van der Waals surface area contributed by atoms with Crippen LogP contribution in [0.25, 0.3) is 0 Å². The maximum absolute atomic E-state index is 5.71. The fraction of sp³-hybridized carbons (Fsp3) is 1.00. The highest BCUT2D eigenvalue weighted by molar-refractivity contribution is 6.67. The second-order valence-corrected chi connectivity index (χ2v) is 7.97. The van der Waals surface area contributed by atoms with Crippen molar-refractivity contribution in [3.63, 3.8) is 0 Å². The van der Waals surface area contributed by atoms with E-state index < -0.39 is 8.56 Å². The maximum atomic E-state index is 5.71. The summed E-state index contributed by atoms with van der Waals surface area (Å²) in [7, 11) is 1.88. The minimum atomic E-state index is -1.80. The smallest absolute Gasteiger partial charge is 0.337 e. The van der Waals surface area contributed by atoms with Crippen LogP contribution in [-0.2, 0) is 8.85 Å². The molecule has 1 saturated carbocycles. The van der Waals surface area contributed by atoms with Crippen LogP contribution in [0.2, 0.25) is 12.1 Å². The third kappa shape index (κ3) is 3.07. The van der Waals surface area contributed by atoms with E-state index in [0.29, 0.717) is 0 Å². The molecule has 0 heterocycles. The number of rotatable bonds is 7. The lowest BCUT2D eigenvalue weighted by Gasteiger charge is -2.35. The van der Waals surface area contributed by atoms with Gasteiger partial charge in [-0.3, -0.25) is 0 Å². The zero-order valence-corrected chi connectivity index (χ0v) is 10.8. The Hall–Kier alpha value is 0.137. The van der Waals surface area contributed by atoms with Crippen molar-refractivity contribution in [3.8, 4) is 0 Å². The van der Waals surface area contributed by atoms with Crippen molar-refractivity contribution in [2.24, 2.45) is 5.92 Å². The van der Waals surface area contributed by atoms with E-state index >= 15 is 0 Å². The Kier molecular flexibility index (Phi) is 5.13. The molecule has 1 aliphatic carbocycles. The van der Waals surface area contributed by atoms with Crippen LogP contribution in [0.4, 0.5) is 0 Å². The number of hydrogen-bond donors (Lipinski definition) is 0. The monoisotopic (exact) mass is 216 g/mol. The molecule has 0 aromatic rings. The van der Waals surface area contributed by atoms with Crippen molar-refractivity contribution in [2.45, 2.75) is 51.1 Å². The number of hydrogen-bond acceptors (Lipinski definition) is 2. The molecule has 1 fully saturated rings. The first kappa shape index (κ1) is 12.2. The first-order valence-corrected chi connectivity index (χ1v) is 8.09. The molecule has 0 aliphatic heterocycles. The summed E-state index contributed by atoms with van der Waals surface area (Å²) >= 11 is 0. The first-order chi connectivity index (χ1) is 6.76. The van der Waals surface area contributed by atoms with Crippen molar-refractivity contribution in [3.05, 3.63) is 0 Å². The fourth-order valence-electron chi connectivity index (χ4n) is 2.14. The zero-order valence-electron chi connectivity index (χ0n) is 9.84. The van der Waals surface area contributed by atoms with E-state index in [1.807, 2.05) is 14.2 Å². The third-order valence-corrected chi connectivity index (χ3v) is 7.28. The SMILES string of the molecule is CCCC[Si](CC1CCC1)(OC)OC. The largest absolute Gasteiger partial charge is 0.398 e. The Bertz CT molecular complexity index is 153. The van der Waals surface area contributed by atoms with Gasteiger partial charge in [0.25, 0.3) is 0 Å². The van der Waals surface area contributed by atoms with Crippen LogP contribution < -0.4 is 0 Å². The molecular weight excluding hydrogens is 192 g/mol. The van der Waals surface area contributed by atoms with Crippen molar-refractivity contribution in [2.75, 3.05) is 14.2 Å². The van der Waals surface area contributed by atoms with E-state index in [4.69, 9.17) is 8.85 Å². The van der Waals surface area contributed by atoms with Gasteiger partial charge >= 0.3 is 8.56 Å². The van der Waals surface area contributed by atoms with Crippen molar-refractivity contribution in [1.82, 2.24) is 0 Å². The maximum Gasteiger partial charge on any atom is 0.337 e. The molecule has 2 nitrogen and oxygen atoms in total. The minimum Gasteiger partial charge on any atom is -0.398 e. The highest BCUT2D eigenvalue weighted by Gasteiger charge is 2.38. The molecule has 0 atom stereocenters. The molecule has 0 aromatic heterocycles. The van der Waals surface area contributed by atoms with E-state index in [2.05, 4.69) is 6.92 Å².